The Morgan fingerprint density at radius 1 is 1.31 bits per heavy atom. The largest absolute Gasteiger partial charge is 0.387 e. The van der Waals surface area contributed by atoms with Crippen LogP contribution >= 0.6 is 0 Å². The van der Waals surface area contributed by atoms with Gasteiger partial charge >= 0.3 is 5.97 Å². The van der Waals surface area contributed by atoms with Crippen LogP contribution in [0.3, 0.4) is 0 Å². The van der Waals surface area contributed by atoms with E-state index in [1.807, 2.05) is 6.07 Å². The predicted octanol–water partition coefficient (Wildman–Crippen LogP) is 1.76. The summed E-state index contributed by atoms with van der Waals surface area (Å²) >= 11 is 0. The lowest BCUT2D eigenvalue weighted by atomic mass is 10.2. The van der Waals surface area contributed by atoms with Gasteiger partial charge < -0.3 is 0 Å². The molecule has 0 saturated carbocycles. The highest BCUT2D eigenvalue weighted by Gasteiger charge is 2.05. The molecule has 0 bridgehead atoms. The smallest absolute Gasteiger partial charge is 0.241 e. The fraction of sp³-hybridized carbons (Fsp3) is 0.100. The molecule has 0 spiro atoms. The van der Waals surface area contributed by atoms with Crippen molar-refractivity contribution in [3.05, 3.63) is 35.9 Å². The minimum Gasteiger partial charge on any atom is -0.241 e. The van der Waals surface area contributed by atoms with E-state index in [-0.39, 0.29) is 0 Å². The van der Waals surface area contributed by atoms with Crippen molar-refractivity contribution in [2.24, 2.45) is 0 Å². The lowest BCUT2D eigenvalue weighted by Crippen LogP contribution is -2.02. The Bertz CT molecular complexity index is 332. The summed E-state index contributed by atoms with van der Waals surface area (Å²) in [5.41, 5.74) is 0.431. The van der Waals surface area contributed by atoms with E-state index >= 15 is 0 Å². The van der Waals surface area contributed by atoms with E-state index in [0.29, 0.717) is 5.56 Å². The molecule has 0 amide bonds. The van der Waals surface area contributed by atoms with Gasteiger partial charge in [0, 0.05) is 6.92 Å². The van der Waals surface area contributed by atoms with Crippen LogP contribution in [0.2, 0.25) is 0 Å². The van der Waals surface area contributed by atoms with Crippen LogP contribution < -0.4 is 0 Å². The van der Waals surface area contributed by atoms with E-state index < -0.39 is 5.97 Å². The van der Waals surface area contributed by atoms with Crippen LogP contribution in [0.15, 0.2) is 30.3 Å². The van der Waals surface area contributed by atoms with Crippen molar-refractivity contribution in [2.75, 3.05) is 0 Å². The first-order chi connectivity index (χ1) is 6.34. The van der Waals surface area contributed by atoms with E-state index in [4.69, 9.17) is 0 Å². The van der Waals surface area contributed by atoms with Gasteiger partial charge in [0.25, 0.3) is 0 Å². The van der Waals surface area contributed by atoms with Crippen LogP contribution in [0.4, 0.5) is 0 Å². The van der Waals surface area contributed by atoms with Crippen molar-refractivity contribution in [1.82, 2.24) is 0 Å². The first kappa shape index (κ1) is 9.14. The fourth-order valence-electron chi connectivity index (χ4n) is 0.723. The van der Waals surface area contributed by atoms with Gasteiger partial charge in [0.1, 0.15) is 0 Å². The minimum absolute atomic E-state index is 0.431. The molecule has 3 nitrogen and oxygen atoms in total. The monoisotopic (exact) mass is 176 g/mol. The average Bonchev–Trinajstić information content (AvgIpc) is 2.19. The normalized spacial score (nSPS) is 8.08. The summed E-state index contributed by atoms with van der Waals surface area (Å²) in [6.45, 7) is 1.58. The van der Waals surface area contributed by atoms with Crippen LogP contribution in [0, 0.1) is 12.0 Å². The van der Waals surface area contributed by atoms with Gasteiger partial charge in [-0.15, -0.1) is 0 Å². The lowest BCUT2D eigenvalue weighted by molar-refractivity contribution is -0.178. The zero-order valence-electron chi connectivity index (χ0n) is 7.11. The Kier molecular flexibility index (Phi) is 3.40. The topological polar surface area (TPSA) is 35.5 Å². The molecule has 0 saturated heterocycles. The molecule has 1 rings (SSSR count). The number of carbonyl (C=O) groups is 1. The molecule has 0 heterocycles. The van der Waals surface area contributed by atoms with Gasteiger partial charge in [0.05, 0.1) is 5.56 Å². The van der Waals surface area contributed by atoms with Crippen molar-refractivity contribution < 1.29 is 14.6 Å². The van der Waals surface area contributed by atoms with Gasteiger partial charge in [-0.05, 0) is 12.1 Å². The molecule has 0 aromatic heterocycles. The Labute approximate surface area is 76.2 Å². The molecule has 0 radical (unpaired) electrons. The number of rotatable bonds is 2. The van der Waals surface area contributed by atoms with Crippen molar-refractivity contribution in [3.8, 4) is 12.0 Å². The molecule has 66 valence electrons. The number of benzene rings is 1. The summed E-state index contributed by atoms with van der Waals surface area (Å²) in [6, 6.07) is 8.55. The van der Waals surface area contributed by atoms with Crippen molar-refractivity contribution >= 4 is 5.97 Å². The molecule has 13 heavy (non-hydrogen) atoms. The summed E-state index contributed by atoms with van der Waals surface area (Å²) in [6.07, 6.45) is 2.16. The van der Waals surface area contributed by atoms with E-state index in [0.717, 1.165) is 0 Å². The second-order valence-electron chi connectivity index (χ2n) is 2.17. The van der Waals surface area contributed by atoms with Crippen LogP contribution in [0.5, 0.6) is 0 Å². The Morgan fingerprint density at radius 3 is 2.62 bits per heavy atom. The van der Waals surface area contributed by atoms with E-state index in [2.05, 4.69) is 21.8 Å². The number of carbonyl (C=O) groups excluding carboxylic acids is 1. The van der Waals surface area contributed by atoms with Gasteiger partial charge in [-0.25, -0.2) is 14.6 Å². The summed E-state index contributed by atoms with van der Waals surface area (Å²) in [4.78, 5) is 19.7. The van der Waals surface area contributed by atoms with Crippen molar-refractivity contribution in [3.63, 3.8) is 0 Å². The molecule has 1 aromatic carbocycles. The third-order valence-electron chi connectivity index (χ3n) is 1.27. The Balaban J connectivity index is 2.53. The third kappa shape index (κ3) is 2.88. The average molecular weight is 176 g/mol. The zero-order chi connectivity index (χ0) is 9.52. The lowest BCUT2D eigenvalue weighted by Gasteiger charge is -1.96. The van der Waals surface area contributed by atoms with Gasteiger partial charge in [-0.2, -0.15) is 0 Å². The Morgan fingerprint density at radius 2 is 2.00 bits per heavy atom. The van der Waals surface area contributed by atoms with Gasteiger partial charge in [-0.1, -0.05) is 24.1 Å². The standard InChI is InChI=1S/C10H8O3/c1-2-8-12-13-10(11)9-6-4-3-5-7-9/h3-7H,1H3. The fourth-order valence-corrected chi connectivity index (χ4v) is 0.723. The quantitative estimate of drug-likeness (QED) is 0.391. The van der Waals surface area contributed by atoms with E-state index in [9.17, 15) is 4.79 Å². The molecule has 0 fully saturated rings. The Hall–Kier alpha value is -1.95. The summed E-state index contributed by atoms with van der Waals surface area (Å²) in [5.74, 6) is 1.87. The molecule has 0 N–H and O–H groups in total. The van der Waals surface area contributed by atoms with Crippen LogP contribution in [0.25, 0.3) is 0 Å². The minimum atomic E-state index is -0.552. The molecule has 0 aliphatic heterocycles. The van der Waals surface area contributed by atoms with Crippen LogP contribution in [0.1, 0.15) is 17.3 Å². The highest BCUT2D eigenvalue weighted by molar-refractivity contribution is 5.88. The van der Waals surface area contributed by atoms with Crippen molar-refractivity contribution in [1.29, 1.82) is 0 Å². The molecule has 0 aliphatic rings. The van der Waals surface area contributed by atoms with Crippen molar-refractivity contribution in [2.45, 2.75) is 6.92 Å². The van der Waals surface area contributed by atoms with Gasteiger partial charge in [-0.3, -0.25) is 0 Å². The molecule has 0 atom stereocenters. The maximum Gasteiger partial charge on any atom is 0.387 e. The summed E-state index contributed by atoms with van der Waals surface area (Å²) in [7, 11) is 0. The highest BCUT2D eigenvalue weighted by atomic mass is 17.2. The highest BCUT2D eigenvalue weighted by Crippen LogP contribution is 2.00. The van der Waals surface area contributed by atoms with Gasteiger partial charge in [0.15, 0.2) is 6.11 Å². The number of hydrogen-bond acceptors (Lipinski definition) is 3. The predicted molar refractivity (Wildman–Crippen MR) is 46.4 cm³/mol. The molecular formula is C10H8O3. The maximum absolute atomic E-state index is 11.1. The molecule has 3 heteroatoms. The summed E-state index contributed by atoms with van der Waals surface area (Å²) in [5, 5.41) is 0. The van der Waals surface area contributed by atoms with E-state index in [1.165, 1.54) is 0 Å². The maximum atomic E-state index is 11.1. The van der Waals surface area contributed by atoms with Crippen LogP contribution in [-0.4, -0.2) is 5.97 Å². The first-order valence-electron chi connectivity index (χ1n) is 3.69. The zero-order valence-corrected chi connectivity index (χ0v) is 7.11. The molecule has 1 aromatic rings. The third-order valence-corrected chi connectivity index (χ3v) is 1.27. The van der Waals surface area contributed by atoms with Gasteiger partial charge in [0.2, 0.25) is 0 Å². The second kappa shape index (κ2) is 4.83. The molecule has 0 aliphatic carbocycles. The molecular weight excluding hydrogens is 168 g/mol. The van der Waals surface area contributed by atoms with E-state index in [1.54, 1.807) is 31.2 Å². The number of hydrogen-bond donors (Lipinski definition) is 0. The second-order valence-corrected chi connectivity index (χ2v) is 2.17. The van der Waals surface area contributed by atoms with Crippen LogP contribution in [-0.2, 0) is 9.78 Å². The first-order valence-corrected chi connectivity index (χ1v) is 3.69. The SMILES string of the molecule is CC#COOC(=O)c1ccccc1. The molecule has 0 unspecified atom stereocenters. The summed E-state index contributed by atoms with van der Waals surface area (Å²) < 4.78 is 0.